The minimum absolute atomic E-state index is 0.137. The molecule has 0 radical (unpaired) electrons. The third kappa shape index (κ3) is 3.46. The van der Waals surface area contributed by atoms with E-state index in [1.807, 2.05) is 27.1 Å². The Morgan fingerprint density at radius 2 is 1.97 bits per heavy atom. The Morgan fingerprint density at radius 1 is 1.24 bits per heavy atom. The molecule has 2 aromatic rings. The number of amides is 2. The summed E-state index contributed by atoms with van der Waals surface area (Å²) >= 11 is 5.86. The summed E-state index contributed by atoms with van der Waals surface area (Å²) in [6.45, 7) is 2.38. The molecule has 8 heteroatoms. The van der Waals surface area contributed by atoms with E-state index in [0.29, 0.717) is 17.9 Å². The summed E-state index contributed by atoms with van der Waals surface area (Å²) in [6, 6.07) is 6.73. The molecule has 1 aliphatic heterocycles. The Bertz CT molecular complexity index is 942. The number of anilines is 1. The molecule has 2 aliphatic rings. The SMILES string of the molecule is Cc1nc(Cl)ncc1N1C[C@]2(CC[C@@](c3cccc(F)c3)(N(C)C)CC2)NC1=O. The van der Waals surface area contributed by atoms with Crippen LogP contribution in [0, 0.1) is 12.7 Å². The molecule has 6 nitrogen and oxygen atoms in total. The first kappa shape index (κ1) is 20.0. The molecule has 0 bridgehead atoms. The fourth-order valence-electron chi connectivity index (χ4n) is 4.80. The maximum atomic E-state index is 13.9. The van der Waals surface area contributed by atoms with Crippen molar-refractivity contribution in [2.24, 2.45) is 0 Å². The highest BCUT2D eigenvalue weighted by Gasteiger charge is 2.50. The van der Waals surface area contributed by atoms with E-state index in [1.54, 1.807) is 23.2 Å². The number of halogens is 2. The van der Waals surface area contributed by atoms with E-state index in [0.717, 1.165) is 31.2 Å². The van der Waals surface area contributed by atoms with Crippen LogP contribution in [0.3, 0.4) is 0 Å². The highest BCUT2D eigenvalue weighted by molar-refractivity contribution is 6.28. The average Bonchev–Trinajstić information content (AvgIpc) is 2.98. The maximum absolute atomic E-state index is 13.9. The number of hydrogen-bond donors (Lipinski definition) is 1. The molecule has 1 aromatic heterocycles. The van der Waals surface area contributed by atoms with Crippen LogP contribution >= 0.6 is 11.6 Å². The Labute approximate surface area is 175 Å². The van der Waals surface area contributed by atoms with E-state index in [2.05, 4.69) is 20.2 Å². The number of rotatable bonds is 3. The zero-order chi connectivity index (χ0) is 20.8. The molecule has 1 aromatic carbocycles. The van der Waals surface area contributed by atoms with Crippen LogP contribution in [0.5, 0.6) is 0 Å². The van der Waals surface area contributed by atoms with Crippen molar-refractivity contribution < 1.29 is 9.18 Å². The lowest BCUT2D eigenvalue weighted by molar-refractivity contribution is 0.0655. The molecule has 4 rings (SSSR count). The maximum Gasteiger partial charge on any atom is 0.322 e. The Balaban J connectivity index is 1.57. The second-order valence-corrected chi connectivity index (χ2v) is 8.68. The second kappa shape index (κ2) is 7.22. The topological polar surface area (TPSA) is 61.4 Å². The lowest BCUT2D eigenvalue weighted by Gasteiger charge is -2.48. The lowest BCUT2D eigenvalue weighted by atomic mass is 9.69. The third-order valence-electron chi connectivity index (χ3n) is 6.55. The molecular weight excluding hydrogens is 393 g/mol. The largest absolute Gasteiger partial charge is 0.330 e. The minimum Gasteiger partial charge on any atom is -0.330 e. The van der Waals surface area contributed by atoms with Crippen LogP contribution in [0.2, 0.25) is 5.28 Å². The van der Waals surface area contributed by atoms with Gasteiger partial charge in [-0.25, -0.2) is 19.2 Å². The van der Waals surface area contributed by atoms with Gasteiger partial charge in [-0.1, -0.05) is 12.1 Å². The molecular formula is C21H25ClFN5O. The predicted molar refractivity (Wildman–Crippen MR) is 111 cm³/mol. The van der Waals surface area contributed by atoms with Gasteiger partial charge in [0.15, 0.2) is 0 Å². The Hall–Kier alpha value is -2.25. The number of urea groups is 1. The summed E-state index contributed by atoms with van der Waals surface area (Å²) < 4.78 is 13.9. The predicted octanol–water partition coefficient (Wildman–Crippen LogP) is 3.88. The molecule has 154 valence electrons. The number of aromatic nitrogens is 2. The number of benzene rings is 1. The zero-order valence-electron chi connectivity index (χ0n) is 16.9. The lowest BCUT2D eigenvalue weighted by Crippen LogP contribution is -2.54. The van der Waals surface area contributed by atoms with E-state index in [9.17, 15) is 9.18 Å². The smallest absolute Gasteiger partial charge is 0.322 e. The van der Waals surface area contributed by atoms with Crippen LogP contribution in [0.15, 0.2) is 30.5 Å². The quantitative estimate of drug-likeness (QED) is 0.770. The van der Waals surface area contributed by atoms with Gasteiger partial charge >= 0.3 is 6.03 Å². The van der Waals surface area contributed by atoms with Crippen molar-refractivity contribution >= 4 is 23.3 Å². The van der Waals surface area contributed by atoms with Gasteiger partial charge in [0.1, 0.15) is 5.82 Å². The standard InChI is InChI=1S/C21H25ClFN5O/c1-14-17(12-24-18(22)25-14)28-13-20(26-19(28)29)7-9-21(10-8-20,27(2)3)15-5-4-6-16(23)11-15/h4-6,11-12H,7-10,13H2,1-3H3,(H,26,29)/t20-,21-. The molecule has 2 amide bonds. The van der Waals surface area contributed by atoms with Gasteiger partial charge in [0, 0.05) is 5.54 Å². The van der Waals surface area contributed by atoms with E-state index in [1.165, 1.54) is 6.07 Å². The van der Waals surface area contributed by atoms with Crippen molar-refractivity contribution in [1.82, 2.24) is 20.2 Å². The summed E-state index contributed by atoms with van der Waals surface area (Å²) in [5, 5.41) is 3.38. The first-order valence-corrected chi connectivity index (χ1v) is 10.1. The molecule has 1 N–H and O–H groups in total. The van der Waals surface area contributed by atoms with Gasteiger partial charge in [-0.05, 0) is 76.0 Å². The first-order chi connectivity index (χ1) is 13.7. The van der Waals surface area contributed by atoms with E-state index < -0.39 is 0 Å². The van der Waals surface area contributed by atoms with Crippen LogP contribution in [-0.2, 0) is 5.54 Å². The van der Waals surface area contributed by atoms with E-state index >= 15 is 0 Å². The first-order valence-electron chi connectivity index (χ1n) is 9.77. The molecule has 1 aliphatic carbocycles. The van der Waals surface area contributed by atoms with Gasteiger partial charge in [0.05, 0.1) is 29.7 Å². The van der Waals surface area contributed by atoms with Gasteiger partial charge in [-0.3, -0.25) is 9.80 Å². The highest BCUT2D eigenvalue weighted by atomic mass is 35.5. The minimum atomic E-state index is -0.310. The summed E-state index contributed by atoms with van der Waals surface area (Å²) in [5.74, 6) is -0.220. The fraction of sp³-hybridized carbons (Fsp3) is 0.476. The molecule has 1 saturated heterocycles. The van der Waals surface area contributed by atoms with Crippen LogP contribution in [0.25, 0.3) is 0 Å². The number of hydrogen-bond acceptors (Lipinski definition) is 4. The molecule has 29 heavy (non-hydrogen) atoms. The van der Waals surface area contributed by atoms with E-state index in [4.69, 9.17) is 11.6 Å². The molecule has 0 unspecified atom stereocenters. The number of nitrogens with one attached hydrogen (secondary N) is 1. The highest BCUT2D eigenvalue weighted by Crippen LogP contribution is 2.46. The Kier molecular flexibility index (Phi) is 4.99. The zero-order valence-corrected chi connectivity index (χ0v) is 17.6. The van der Waals surface area contributed by atoms with Gasteiger partial charge in [-0.15, -0.1) is 0 Å². The molecule has 2 fully saturated rings. The van der Waals surface area contributed by atoms with Gasteiger partial charge in [0.2, 0.25) is 5.28 Å². The van der Waals surface area contributed by atoms with Crippen LogP contribution in [-0.4, -0.2) is 47.1 Å². The molecule has 1 saturated carbocycles. The monoisotopic (exact) mass is 417 g/mol. The van der Waals surface area contributed by atoms with Gasteiger partial charge in [-0.2, -0.15) is 0 Å². The number of carbonyl (C=O) groups is 1. The number of aryl methyl sites for hydroxylation is 1. The van der Waals surface area contributed by atoms with Crippen LogP contribution < -0.4 is 10.2 Å². The van der Waals surface area contributed by atoms with Crippen LogP contribution in [0.4, 0.5) is 14.9 Å². The molecule has 1 spiro atoms. The third-order valence-corrected chi connectivity index (χ3v) is 6.73. The molecule has 2 heterocycles. The number of carbonyl (C=O) groups excluding carboxylic acids is 1. The summed E-state index contributed by atoms with van der Waals surface area (Å²) in [4.78, 5) is 24.9. The number of nitrogens with zero attached hydrogens (tertiary/aromatic N) is 4. The normalized spacial score (nSPS) is 27.0. The van der Waals surface area contributed by atoms with Gasteiger partial charge < -0.3 is 5.32 Å². The van der Waals surface area contributed by atoms with Crippen molar-refractivity contribution in [3.05, 3.63) is 52.8 Å². The van der Waals surface area contributed by atoms with Crippen molar-refractivity contribution in [3.8, 4) is 0 Å². The van der Waals surface area contributed by atoms with Crippen molar-refractivity contribution in [2.75, 3.05) is 25.5 Å². The second-order valence-electron chi connectivity index (χ2n) is 8.34. The summed E-state index contributed by atoms with van der Waals surface area (Å²) in [7, 11) is 4.08. The van der Waals surface area contributed by atoms with Crippen LogP contribution in [0.1, 0.15) is 36.9 Å². The van der Waals surface area contributed by atoms with Crippen molar-refractivity contribution in [3.63, 3.8) is 0 Å². The fourth-order valence-corrected chi connectivity index (χ4v) is 4.97. The van der Waals surface area contributed by atoms with Gasteiger partial charge in [0.25, 0.3) is 0 Å². The van der Waals surface area contributed by atoms with Crippen molar-refractivity contribution in [2.45, 2.75) is 43.7 Å². The van der Waals surface area contributed by atoms with E-state index in [-0.39, 0.29) is 28.2 Å². The average molecular weight is 418 g/mol. The Morgan fingerprint density at radius 3 is 2.59 bits per heavy atom. The summed E-state index contributed by atoms with van der Waals surface area (Å²) in [6.07, 6.45) is 4.86. The summed E-state index contributed by atoms with van der Waals surface area (Å²) in [5.41, 5.74) is 1.79. The van der Waals surface area contributed by atoms with Crippen molar-refractivity contribution in [1.29, 1.82) is 0 Å². The molecule has 0 atom stereocenters.